The average Bonchev–Trinajstić information content (AvgIpc) is 2.79. The lowest BCUT2D eigenvalue weighted by Crippen LogP contribution is -2.51. The molecule has 2 N–H and O–H groups in total. The van der Waals surface area contributed by atoms with Crippen molar-refractivity contribution in [1.29, 1.82) is 5.26 Å². The summed E-state index contributed by atoms with van der Waals surface area (Å²) in [6, 6.07) is 7.81. The van der Waals surface area contributed by atoms with Gasteiger partial charge in [-0.05, 0) is 24.6 Å². The lowest BCUT2D eigenvalue weighted by molar-refractivity contribution is -0.129. The number of carbonyl (C=O) groups is 1. The highest BCUT2D eigenvalue weighted by atomic mass is 16.2. The molecule has 2 saturated heterocycles. The van der Waals surface area contributed by atoms with Crippen molar-refractivity contribution in [3.05, 3.63) is 23.8 Å². The Morgan fingerprint density at radius 2 is 2.21 bits per heavy atom. The molecular weight excluding hydrogens is 240 g/mol. The molecule has 3 rings (SSSR count). The highest BCUT2D eigenvalue weighted by Crippen LogP contribution is 2.30. The van der Waals surface area contributed by atoms with E-state index in [9.17, 15) is 4.79 Å². The van der Waals surface area contributed by atoms with Crippen molar-refractivity contribution in [1.82, 2.24) is 4.90 Å². The number of nitrogens with two attached hydrogens (primary N) is 1. The van der Waals surface area contributed by atoms with Crippen LogP contribution in [0.15, 0.2) is 18.2 Å². The molecule has 0 aliphatic carbocycles. The normalized spacial score (nSPS) is 22.3. The molecule has 2 aliphatic rings. The second kappa shape index (κ2) is 4.47. The van der Waals surface area contributed by atoms with Crippen LogP contribution >= 0.6 is 0 Å². The molecule has 5 nitrogen and oxygen atoms in total. The van der Waals surface area contributed by atoms with Gasteiger partial charge in [0.1, 0.15) is 0 Å². The number of anilines is 2. The molecule has 1 aromatic rings. The molecule has 19 heavy (non-hydrogen) atoms. The molecule has 2 aliphatic heterocycles. The first-order chi connectivity index (χ1) is 9.19. The van der Waals surface area contributed by atoms with Crippen LogP contribution in [0.2, 0.25) is 0 Å². The summed E-state index contributed by atoms with van der Waals surface area (Å²) in [5.74, 6) is 0.275. The number of benzene rings is 1. The molecule has 0 bridgehead atoms. The maximum absolute atomic E-state index is 11.6. The van der Waals surface area contributed by atoms with Gasteiger partial charge >= 0.3 is 0 Å². The second-order valence-electron chi connectivity index (χ2n) is 5.11. The number of piperazine rings is 1. The monoisotopic (exact) mass is 256 g/mol. The minimum atomic E-state index is 0.275. The van der Waals surface area contributed by atoms with Crippen LogP contribution in [-0.4, -0.2) is 36.5 Å². The van der Waals surface area contributed by atoms with E-state index in [1.54, 1.807) is 12.1 Å². The van der Waals surface area contributed by atoms with Gasteiger partial charge in [-0.15, -0.1) is 0 Å². The highest BCUT2D eigenvalue weighted by Gasteiger charge is 2.35. The Kier molecular flexibility index (Phi) is 2.79. The van der Waals surface area contributed by atoms with Crippen LogP contribution in [0.5, 0.6) is 0 Å². The van der Waals surface area contributed by atoms with Gasteiger partial charge in [0.25, 0.3) is 0 Å². The first-order valence-corrected chi connectivity index (χ1v) is 6.53. The lowest BCUT2D eigenvalue weighted by atomic mass is 10.1. The first kappa shape index (κ1) is 11.8. The average molecular weight is 256 g/mol. The summed E-state index contributed by atoms with van der Waals surface area (Å²) < 4.78 is 0. The Morgan fingerprint density at radius 1 is 1.37 bits per heavy atom. The number of nitrogens with zero attached hydrogens (tertiary/aromatic N) is 3. The SMILES string of the molecule is N#Cc1ccc(N2CCN3C(=O)CCC3C2)c(N)c1. The van der Waals surface area contributed by atoms with Crippen molar-refractivity contribution < 1.29 is 4.79 Å². The maximum Gasteiger partial charge on any atom is 0.223 e. The minimum absolute atomic E-state index is 0.275. The molecule has 2 fully saturated rings. The molecule has 0 saturated carbocycles. The van der Waals surface area contributed by atoms with Crippen LogP contribution in [0.25, 0.3) is 0 Å². The van der Waals surface area contributed by atoms with E-state index in [0.717, 1.165) is 31.7 Å². The maximum atomic E-state index is 11.6. The predicted octanol–water partition coefficient (Wildman–Crippen LogP) is 0.951. The molecule has 2 heterocycles. The Labute approximate surface area is 112 Å². The van der Waals surface area contributed by atoms with E-state index in [0.29, 0.717) is 23.7 Å². The molecular formula is C14H16N4O. The standard InChI is InChI=1S/C14H16N4O/c15-8-10-1-3-13(12(16)7-10)17-5-6-18-11(9-17)2-4-14(18)19/h1,3,7,11H,2,4-6,9,16H2. The van der Waals surface area contributed by atoms with Gasteiger partial charge in [-0.2, -0.15) is 5.26 Å². The number of rotatable bonds is 1. The summed E-state index contributed by atoms with van der Waals surface area (Å²) in [6.07, 6.45) is 1.60. The van der Waals surface area contributed by atoms with Crippen LogP contribution < -0.4 is 10.6 Å². The molecule has 0 radical (unpaired) electrons. The zero-order valence-electron chi connectivity index (χ0n) is 10.7. The third-order valence-electron chi connectivity index (χ3n) is 3.99. The number of hydrogen-bond acceptors (Lipinski definition) is 4. The molecule has 98 valence electrons. The van der Waals surface area contributed by atoms with Gasteiger partial charge in [0, 0.05) is 32.1 Å². The van der Waals surface area contributed by atoms with Gasteiger partial charge < -0.3 is 15.5 Å². The summed E-state index contributed by atoms with van der Waals surface area (Å²) >= 11 is 0. The van der Waals surface area contributed by atoms with Gasteiger partial charge in [-0.25, -0.2) is 0 Å². The Hall–Kier alpha value is -2.22. The van der Waals surface area contributed by atoms with Crippen LogP contribution in [0.1, 0.15) is 18.4 Å². The van der Waals surface area contributed by atoms with Gasteiger partial charge in [0.05, 0.1) is 23.0 Å². The van der Waals surface area contributed by atoms with Gasteiger partial charge in [0.2, 0.25) is 5.91 Å². The van der Waals surface area contributed by atoms with E-state index in [4.69, 9.17) is 11.0 Å². The Balaban J connectivity index is 1.81. The summed E-state index contributed by atoms with van der Waals surface area (Å²) in [6.45, 7) is 2.41. The number of nitrogen functional groups attached to an aromatic ring is 1. The number of carbonyl (C=O) groups excluding carboxylic acids is 1. The fraction of sp³-hybridized carbons (Fsp3) is 0.429. The van der Waals surface area contributed by atoms with Crippen LogP contribution in [0.4, 0.5) is 11.4 Å². The first-order valence-electron chi connectivity index (χ1n) is 6.53. The van der Waals surface area contributed by atoms with Crippen molar-refractivity contribution in [2.75, 3.05) is 30.3 Å². The van der Waals surface area contributed by atoms with Crippen LogP contribution in [0.3, 0.4) is 0 Å². The van der Waals surface area contributed by atoms with Crippen molar-refractivity contribution in [3.8, 4) is 6.07 Å². The molecule has 1 amide bonds. The number of hydrogen-bond donors (Lipinski definition) is 1. The van der Waals surface area contributed by atoms with Gasteiger partial charge in [-0.3, -0.25) is 4.79 Å². The van der Waals surface area contributed by atoms with Crippen LogP contribution in [-0.2, 0) is 4.79 Å². The van der Waals surface area contributed by atoms with E-state index >= 15 is 0 Å². The quantitative estimate of drug-likeness (QED) is 0.759. The largest absolute Gasteiger partial charge is 0.397 e. The fourth-order valence-corrected chi connectivity index (χ4v) is 3.00. The topological polar surface area (TPSA) is 73.4 Å². The van der Waals surface area contributed by atoms with Crippen molar-refractivity contribution in [2.24, 2.45) is 0 Å². The second-order valence-corrected chi connectivity index (χ2v) is 5.11. The van der Waals surface area contributed by atoms with Crippen molar-refractivity contribution >= 4 is 17.3 Å². The predicted molar refractivity (Wildman–Crippen MR) is 72.5 cm³/mol. The lowest BCUT2D eigenvalue weighted by Gasteiger charge is -2.39. The summed E-state index contributed by atoms with van der Waals surface area (Å²) in [7, 11) is 0. The van der Waals surface area contributed by atoms with E-state index in [1.807, 2.05) is 11.0 Å². The van der Waals surface area contributed by atoms with E-state index < -0.39 is 0 Å². The fourth-order valence-electron chi connectivity index (χ4n) is 3.00. The molecule has 1 unspecified atom stereocenters. The van der Waals surface area contributed by atoms with Crippen LogP contribution in [0, 0.1) is 11.3 Å². The third-order valence-corrected chi connectivity index (χ3v) is 3.99. The van der Waals surface area contributed by atoms with Crippen molar-refractivity contribution in [2.45, 2.75) is 18.9 Å². The Bertz CT molecular complexity index is 563. The molecule has 0 aromatic heterocycles. The zero-order valence-corrected chi connectivity index (χ0v) is 10.7. The minimum Gasteiger partial charge on any atom is -0.397 e. The number of amides is 1. The van der Waals surface area contributed by atoms with Gasteiger partial charge in [0.15, 0.2) is 0 Å². The van der Waals surface area contributed by atoms with E-state index in [2.05, 4.69) is 11.0 Å². The number of fused-ring (bicyclic) bond motifs is 1. The summed E-state index contributed by atoms with van der Waals surface area (Å²) in [5, 5.41) is 8.85. The number of nitriles is 1. The highest BCUT2D eigenvalue weighted by molar-refractivity contribution is 5.79. The van der Waals surface area contributed by atoms with Gasteiger partial charge in [-0.1, -0.05) is 0 Å². The summed E-state index contributed by atoms with van der Waals surface area (Å²) in [4.78, 5) is 15.8. The van der Waals surface area contributed by atoms with E-state index in [-0.39, 0.29) is 5.91 Å². The molecule has 0 spiro atoms. The smallest absolute Gasteiger partial charge is 0.223 e. The molecule has 1 atom stereocenters. The van der Waals surface area contributed by atoms with Crippen molar-refractivity contribution in [3.63, 3.8) is 0 Å². The van der Waals surface area contributed by atoms with E-state index in [1.165, 1.54) is 0 Å². The summed E-state index contributed by atoms with van der Waals surface area (Å²) in [5.41, 5.74) is 8.20. The molecule has 5 heteroatoms. The third kappa shape index (κ3) is 1.99. The Morgan fingerprint density at radius 3 is 2.95 bits per heavy atom. The zero-order chi connectivity index (χ0) is 13.4. The molecule has 1 aromatic carbocycles.